The predicted octanol–water partition coefficient (Wildman–Crippen LogP) is 1.92. The summed E-state index contributed by atoms with van der Waals surface area (Å²) in [6.45, 7) is 0. The molecule has 1 N–H and O–H groups in total. The molecule has 0 bridgehead atoms. The molecule has 0 atom stereocenters. The van der Waals surface area contributed by atoms with Gasteiger partial charge in [0.2, 0.25) is 0 Å². The summed E-state index contributed by atoms with van der Waals surface area (Å²) in [5.41, 5.74) is 1.34. The summed E-state index contributed by atoms with van der Waals surface area (Å²) in [5, 5.41) is 8.55. The zero-order valence-corrected chi connectivity index (χ0v) is 9.61. The monoisotopic (exact) mass is 244 g/mol. The van der Waals surface area contributed by atoms with Crippen LogP contribution in [0.3, 0.4) is 0 Å². The lowest BCUT2D eigenvalue weighted by molar-refractivity contribution is -0.136. The maximum Gasteiger partial charge on any atom is 0.303 e. The lowest BCUT2D eigenvalue weighted by Crippen LogP contribution is -2.04. The van der Waals surface area contributed by atoms with Gasteiger partial charge < -0.3 is 9.67 Å². The van der Waals surface area contributed by atoms with Gasteiger partial charge in [-0.2, -0.15) is 0 Å². The van der Waals surface area contributed by atoms with E-state index in [4.69, 9.17) is 5.11 Å². The van der Waals surface area contributed by atoms with Crippen LogP contribution in [-0.2, 0) is 4.79 Å². The molecule has 0 aliphatic rings. The molecule has 5 nitrogen and oxygen atoms in total. The molecule has 0 aliphatic heterocycles. The Kier molecular flexibility index (Phi) is 3.52. The minimum absolute atomic E-state index is 0.0166. The fourth-order valence-electron chi connectivity index (χ4n) is 1.62. The van der Waals surface area contributed by atoms with E-state index in [1.807, 2.05) is 6.07 Å². The molecular weight excluding hydrogens is 232 g/mol. The van der Waals surface area contributed by atoms with Crippen LogP contribution in [0.4, 0.5) is 0 Å². The molecule has 0 unspecified atom stereocenters. The largest absolute Gasteiger partial charge is 0.481 e. The first-order valence-corrected chi connectivity index (χ1v) is 5.50. The SMILES string of the molecule is O=C(O)CCC(=O)c1cccc(-n2ccnc2)c1. The van der Waals surface area contributed by atoms with Gasteiger partial charge in [0.05, 0.1) is 12.7 Å². The number of aromatic nitrogens is 2. The van der Waals surface area contributed by atoms with Crippen molar-refractivity contribution in [1.82, 2.24) is 9.55 Å². The van der Waals surface area contributed by atoms with Crippen LogP contribution in [0, 0.1) is 0 Å². The van der Waals surface area contributed by atoms with Crippen molar-refractivity contribution >= 4 is 11.8 Å². The van der Waals surface area contributed by atoms with E-state index in [9.17, 15) is 9.59 Å². The highest BCUT2D eigenvalue weighted by atomic mass is 16.4. The van der Waals surface area contributed by atoms with Crippen LogP contribution in [0.15, 0.2) is 43.0 Å². The minimum Gasteiger partial charge on any atom is -0.481 e. The van der Waals surface area contributed by atoms with Crippen molar-refractivity contribution in [3.8, 4) is 5.69 Å². The summed E-state index contributed by atoms with van der Waals surface area (Å²) in [7, 11) is 0. The van der Waals surface area contributed by atoms with Gasteiger partial charge in [0.25, 0.3) is 0 Å². The highest BCUT2D eigenvalue weighted by molar-refractivity contribution is 5.97. The second kappa shape index (κ2) is 5.27. The Morgan fingerprint density at radius 2 is 2.11 bits per heavy atom. The highest BCUT2D eigenvalue weighted by Gasteiger charge is 2.09. The summed E-state index contributed by atoms with van der Waals surface area (Å²) >= 11 is 0. The molecule has 5 heteroatoms. The zero-order valence-electron chi connectivity index (χ0n) is 9.61. The zero-order chi connectivity index (χ0) is 13.0. The van der Waals surface area contributed by atoms with Crippen LogP contribution >= 0.6 is 0 Å². The summed E-state index contributed by atoms with van der Waals surface area (Å²) in [5.74, 6) is -1.13. The number of benzene rings is 1. The quantitative estimate of drug-likeness (QED) is 0.815. The number of hydrogen-bond donors (Lipinski definition) is 1. The van der Waals surface area contributed by atoms with Crippen LogP contribution in [0.2, 0.25) is 0 Å². The lowest BCUT2D eigenvalue weighted by Gasteiger charge is -2.04. The summed E-state index contributed by atoms with van der Waals surface area (Å²) in [6, 6.07) is 7.04. The number of carbonyl (C=O) groups is 2. The standard InChI is InChI=1S/C13H12N2O3/c16-12(4-5-13(17)18)10-2-1-3-11(8-10)15-7-6-14-9-15/h1-3,6-9H,4-5H2,(H,17,18). The van der Waals surface area contributed by atoms with Gasteiger partial charge in [-0.1, -0.05) is 12.1 Å². The van der Waals surface area contributed by atoms with Crippen LogP contribution in [-0.4, -0.2) is 26.4 Å². The molecule has 2 rings (SSSR count). The number of carbonyl (C=O) groups excluding carboxylic acids is 1. The first kappa shape index (κ1) is 12.0. The van der Waals surface area contributed by atoms with E-state index in [2.05, 4.69) is 4.98 Å². The third-order valence-electron chi connectivity index (χ3n) is 2.54. The molecule has 0 amide bonds. The third-order valence-corrected chi connectivity index (χ3v) is 2.54. The number of ketones is 1. The van der Waals surface area contributed by atoms with E-state index < -0.39 is 5.97 Å². The van der Waals surface area contributed by atoms with Crippen molar-refractivity contribution in [2.75, 3.05) is 0 Å². The van der Waals surface area contributed by atoms with Crippen LogP contribution in [0.5, 0.6) is 0 Å². The molecule has 2 aromatic rings. The van der Waals surface area contributed by atoms with Gasteiger partial charge in [0.15, 0.2) is 5.78 Å². The normalized spacial score (nSPS) is 10.2. The number of rotatable bonds is 5. The van der Waals surface area contributed by atoms with Gasteiger partial charge >= 0.3 is 5.97 Å². The van der Waals surface area contributed by atoms with E-state index in [0.717, 1.165) is 5.69 Å². The second-order valence-corrected chi connectivity index (χ2v) is 3.84. The van der Waals surface area contributed by atoms with Crippen molar-refractivity contribution in [2.24, 2.45) is 0 Å². The van der Waals surface area contributed by atoms with Crippen LogP contribution in [0.25, 0.3) is 5.69 Å². The number of imidazole rings is 1. The summed E-state index contributed by atoms with van der Waals surface area (Å²) in [4.78, 5) is 26.1. The number of aliphatic carboxylic acids is 1. The van der Waals surface area contributed by atoms with E-state index in [0.29, 0.717) is 5.56 Å². The average molecular weight is 244 g/mol. The maximum absolute atomic E-state index is 11.8. The fourth-order valence-corrected chi connectivity index (χ4v) is 1.62. The summed E-state index contributed by atoms with van der Waals surface area (Å²) in [6.07, 6.45) is 4.94. The van der Waals surface area contributed by atoms with E-state index >= 15 is 0 Å². The average Bonchev–Trinajstić information content (AvgIpc) is 2.90. The lowest BCUT2D eigenvalue weighted by atomic mass is 10.1. The molecule has 1 heterocycles. The van der Waals surface area contributed by atoms with Gasteiger partial charge in [0.1, 0.15) is 0 Å². The molecule has 0 saturated carbocycles. The third kappa shape index (κ3) is 2.82. The van der Waals surface area contributed by atoms with Crippen LogP contribution in [0.1, 0.15) is 23.2 Å². The fraction of sp³-hybridized carbons (Fsp3) is 0.154. The molecule has 1 aromatic heterocycles. The van der Waals surface area contributed by atoms with Crippen molar-refractivity contribution < 1.29 is 14.7 Å². The number of carboxylic acids is 1. The molecule has 92 valence electrons. The molecule has 0 saturated heterocycles. The van der Waals surface area contributed by atoms with E-state index in [1.54, 1.807) is 41.5 Å². The van der Waals surface area contributed by atoms with Gasteiger partial charge in [-0.25, -0.2) is 4.98 Å². The number of Topliss-reactive ketones (excluding diaryl/α,β-unsaturated/α-hetero) is 1. The molecule has 0 aliphatic carbocycles. The van der Waals surface area contributed by atoms with Gasteiger partial charge in [-0.15, -0.1) is 0 Å². The van der Waals surface area contributed by atoms with Crippen molar-refractivity contribution in [3.05, 3.63) is 48.5 Å². The van der Waals surface area contributed by atoms with E-state index in [-0.39, 0.29) is 18.6 Å². The smallest absolute Gasteiger partial charge is 0.303 e. The molecule has 0 radical (unpaired) electrons. The van der Waals surface area contributed by atoms with Crippen molar-refractivity contribution in [2.45, 2.75) is 12.8 Å². The Hall–Kier alpha value is -2.43. The Labute approximate surface area is 104 Å². The number of nitrogens with zero attached hydrogens (tertiary/aromatic N) is 2. The first-order chi connectivity index (χ1) is 8.66. The Morgan fingerprint density at radius 3 is 2.78 bits per heavy atom. The Morgan fingerprint density at radius 1 is 1.28 bits per heavy atom. The van der Waals surface area contributed by atoms with Crippen molar-refractivity contribution in [3.63, 3.8) is 0 Å². The Bertz CT molecular complexity index is 561. The Balaban J connectivity index is 2.17. The number of hydrogen-bond acceptors (Lipinski definition) is 3. The maximum atomic E-state index is 11.8. The highest BCUT2D eigenvalue weighted by Crippen LogP contribution is 2.12. The topological polar surface area (TPSA) is 72.2 Å². The van der Waals surface area contributed by atoms with Crippen LogP contribution < -0.4 is 0 Å². The van der Waals surface area contributed by atoms with E-state index in [1.165, 1.54) is 0 Å². The van der Waals surface area contributed by atoms with Gasteiger partial charge in [0, 0.05) is 30.1 Å². The first-order valence-electron chi connectivity index (χ1n) is 5.50. The molecule has 18 heavy (non-hydrogen) atoms. The van der Waals surface area contributed by atoms with Gasteiger partial charge in [-0.3, -0.25) is 9.59 Å². The predicted molar refractivity (Wildman–Crippen MR) is 64.8 cm³/mol. The van der Waals surface area contributed by atoms with Gasteiger partial charge in [-0.05, 0) is 12.1 Å². The molecular formula is C13H12N2O3. The second-order valence-electron chi connectivity index (χ2n) is 3.84. The molecule has 0 fully saturated rings. The summed E-state index contributed by atoms with van der Waals surface area (Å²) < 4.78 is 1.79. The molecule has 0 spiro atoms. The molecule has 1 aromatic carbocycles. The number of carboxylic acid groups (broad SMARTS) is 1. The van der Waals surface area contributed by atoms with Crippen molar-refractivity contribution in [1.29, 1.82) is 0 Å². The minimum atomic E-state index is -0.964.